The zero-order valence-electron chi connectivity index (χ0n) is 14.4. The van der Waals surface area contributed by atoms with Gasteiger partial charge >= 0.3 is 0 Å². The van der Waals surface area contributed by atoms with Crippen LogP contribution in [0.25, 0.3) is 0 Å². The van der Waals surface area contributed by atoms with Crippen LogP contribution in [0, 0.1) is 0 Å². The van der Waals surface area contributed by atoms with E-state index in [1.807, 2.05) is 31.2 Å². The lowest BCUT2D eigenvalue weighted by molar-refractivity contribution is 0.108. The monoisotopic (exact) mass is 325 g/mol. The molecule has 24 heavy (non-hydrogen) atoms. The molecule has 2 aromatic rings. The number of hydrogen-bond acceptors (Lipinski definition) is 3. The summed E-state index contributed by atoms with van der Waals surface area (Å²) in [5.74, 6) is 1.70. The number of rotatable bonds is 7. The van der Waals surface area contributed by atoms with Crippen LogP contribution in [0.2, 0.25) is 0 Å². The maximum absolute atomic E-state index is 6.35. The summed E-state index contributed by atoms with van der Waals surface area (Å²) in [6, 6.07) is 18.9. The molecule has 0 aliphatic heterocycles. The summed E-state index contributed by atoms with van der Waals surface area (Å²) >= 11 is 0. The molecule has 0 saturated heterocycles. The normalized spacial score (nSPS) is 20.5. The molecule has 1 N–H and O–H groups in total. The van der Waals surface area contributed by atoms with Crippen molar-refractivity contribution in [1.82, 2.24) is 5.32 Å². The van der Waals surface area contributed by atoms with Gasteiger partial charge in [-0.15, -0.1) is 0 Å². The molecule has 0 radical (unpaired) electrons. The van der Waals surface area contributed by atoms with Crippen molar-refractivity contribution in [2.75, 3.05) is 6.61 Å². The van der Waals surface area contributed by atoms with E-state index in [2.05, 4.69) is 35.6 Å². The maximum atomic E-state index is 6.35. The van der Waals surface area contributed by atoms with Gasteiger partial charge in [0.2, 0.25) is 0 Å². The second kappa shape index (κ2) is 8.74. The molecule has 3 rings (SSSR count). The fourth-order valence-corrected chi connectivity index (χ4v) is 3.30. The standard InChI is InChI=1S/C21H27NO2/c1-2-23-20-14-8-9-15-21(20)24-19-13-7-6-12-18(19)22-16-17-10-4-3-5-11-17/h3-5,8-11,14-15,18-19,22H,2,6-7,12-13,16H2,1H3/t18-,19-/m1/s1. The van der Waals surface area contributed by atoms with E-state index in [1.54, 1.807) is 0 Å². The lowest BCUT2D eigenvalue weighted by atomic mass is 9.92. The molecule has 1 aliphatic carbocycles. The van der Waals surface area contributed by atoms with E-state index >= 15 is 0 Å². The van der Waals surface area contributed by atoms with Crippen molar-refractivity contribution < 1.29 is 9.47 Å². The van der Waals surface area contributed by atoms with Gasteiger partial charge in [0.05, 0.1) is 6.61 Å². The van der Waals surface area contributed by atoms with Crippen LogP contribution in [0.5, 0.6) is 11.5 Å². The summed E-state index contributed by atoms with van der Waals surface area (Å²) in [6.07, 6.45) is 4.94. The van der Waals surface area contributed by atoms with Gasteiger partial charge in [-0.3, -0.25) is 0 Å². The first-order valence-electron chi connectivity index (χ1n) is 9.02. The van der Waals surface area contributed by atoms with E-state index in [0.29, 0.717) is 12.6 Å². The summed E-state index contributed by atoms with van der Waals surface area (Å²) in [5, 5.41) is 3.69. The Bertz CT molecular complexity index is 614. The maximum Gasteiger partial charge on any atom is 0.161 e. The Morgan fingerprint density at radius 1 is 0.917 bits per heavy atom. The van der Waals surface area contributed by atoms with Crippen molar-refractivity contribution in [3.8, 4) is 11.5 Å². The van der Waals surface area contributed by atoms with E-state index in [0.717, 1.165) is 30.9 Å². The van der Waals surface area contributed by atoms with Crippen LogP contribution in [0.4, 0.5) is 0 Å². The second-order valence-electron chi connectivity index (χ2n) is 6.29. The lowest BCUT2D eigenvalue weighted by Gasteiger charge is -2.33. The first kappa shape index (κ1) is 16.8. The summed E-state index contributed by atoms with van der Waals surface area (Å²) in [4.78, 5) is 0. The smallest absolute Gasteiger partial charge is 0.161 e. The molecular weight excluding hydrogens is 298 g/mol. The number of nitrogens with one attached hydrogen (secondary N) is 1. The Labute approximate surface area is 145 Å². The van der Waals surface area contributed by atoms with Crippen LogP contribution in [0.15, 0.2) is 54.6 Å². The molecule has 2 atom stereocenters. The Balaban J connectivity index is 1.64. The first-order chi connectivity index (χ1) is 11.9. The van der Waals surface area contributed by atoms with Crippen molar-refractivity contribution in [2.24, 2.45) is 0 Å². The highest BCUT2D eigenvalue weighted by atomic mass is 16.5. The molecule has 0 bridgehead atoms. The molecule has 0 amide bonds. The molecule has 0 unspecified atom stereocenters. The van der Waals surface area contributed by atoms with Crippen molar-refractivity contribution in [1.29, 1.82) is 0 Å². The van der Waals surface area contributed by atoms with Crippen LogP contribution in [0.3, 0.4) is 0 Å². The molecule has 1 saturated carbocycles. The van der Waals surface area contributed by atoms with E-state index in [4.69, 9.17) is 9.47 Å². The quantitative estimate of drug-likeness (QED) is 0.809. The number of benzene rings is 2. The van der Waals surface area contributed by atoms with Gasteiger partial charge in [0.25, 0.3) is 0 Å². The highest BCUT2D eigenvalue weighted by Gasteiger charge is 2.27. The lowest BCUT2D eigenvalue weighted by Crippen LogP contribution is -2.44. The highest BCUT2D eigenvalue weighted by Crippen LogP contribution is 2.31. The Morgan fingerprint density at radius 3 is 2.42 bits per heavy atom. The zero-order chi connectivity index (χ0) is 16.6. The van der Waals surface area contributed by atoms with Gasteiger partial charge in [-0.05, 0) is 43.9 Å². The van der Waals surface area contributed by atoms with Crippen LogP contribution in [-0.4, -0.2) is 18.8 Å². The van der Waals surface area contributed by atoms with Crippen LogP contribution in [0.1, 0.15) is 38.2 Å². The van der Waals surface area contributed by atoms with Crippen molar-refractivity contribution in [3.05, 3.63) is 60.2 Å². The molecule has 1 fully saturated rings. The fraction of sp³-hybridized carbons (Fsp3) is 0.429. The third-order valence-electron chi connectivity index (χ3n) is 4.54. The van der Waals surface area contributed by atoms with Crippen molar-refractivity contribution >= 4 is 0 Å². The molecule has 0 heterocycles. The van der Waals surface area contributed by atoms with Gasteiger partial charge < -0.3 is 14.8 Å². The van der Waals surface area contributed by atoms with Crippen molar-refractivity contribution in [3.63, 3.8) is 0 Å². The summed E-state index contributed by atoms with van der Waals surface area (Å²) in [5.41, 5.74) is 1.32. The Hall–Kier alpha value is -2.00. The molecule has 0 spiro atoms. The highest BCUT2D eigenvalue weighted by molar-refractivity contribution is 5.39. The van der Waals surface area contributed by atoms with Gasteiger partial charge in [-0.1, -0.05) is 48.9 Å². The van der Waals surface area contributed by atoms with E-state index in [-0.39, 0.29) is 6.10 Å². The van der Waals surface area contributed by atoms with E-state index < -0.39 is 0 Å². The summed E-state index contributed by atoms with van der Waals surface area (Å²) in [6.45, 7) is 3.54. The van der Waals surface area contributed by atoms with Gasteiger partial charge in [0.1, 0.15) is 6.10 Å². The average molecular weight is 325 g/mol. The van der Waals surface area contributed by atoms with Crippen molar-refractivity contribution in [2.45, 2.75) is 51.3 Å². The molecular formula is C21H27NO2. The van der Waals surface area contributed by atoms with Gasteiger partial charge in [0.15, 0.2) is 11.5 Å². The van der Waals surface area contributed by atoms with E-state index in [9.17, 15) is 0 Å². The first-order valence-corrected chi connectivity index (χ1v) is 9.02. The van der Waals surface area contributed by atoms with E-state index in [1.165, 1.54) is 18.4 Å². The Kier molecular flexibility index (Phi) is 6.13. The topological polar surface area (TPSA) is 30.5 Å². The summed E-state index contributed by atoms with van der Waals surface area (Å²) < 4.78 is 12.1. The second-order valence-corrected chi connectivity index (χ2v) is 6.29. The molecule has 3 nitrogen and oxygen atoms in total. The minimum atomic E-state index is 0.198. The molecule has 3 heteroatoms. The largest absolute Gasteiger partial charge is 0.490 e. The van der Waals surface area contributed by atoms with Crippen LogP contribution < -0.4 is 14.8 Å². The summed E-state index contributed by atoms with van der Waals surface area (Å²) in [7, 11) is 0. The van der Waals surface area contributed by atoms with Gasteiger partial charge in [0, 0.05) is 12.6 Å². The molecule has 2 aromatic carbocycles. The average Bonchev–Trinajstić information content (AvgIpc) is 2.64. The Morgan fingerprint density at radius 2 is 1.62 bits per heavy atom. The predicted octanol–water partition coefficient (Wildman–Crippen LogP) is 4.57. The van der Waals surface area contributed by atoms with Gasteiger partial charge in [-0.25, -0.2) is 0 Å². The van der Waals surface area contributed by atoms with Crippen LogP contribution in [-0.2, 0) is 6.54 Å². The fourth-order valence-electron chi connectivity index (χ4n) is 3.30. The minimum absolute atomic E-state index is 0.198. The van der Waals surface area contributed by atoms with Gasteiger partial charge in [-0.2, -0.15) is 0 Å². The SMILES string of the molecule is CCOc1ccccc1O[C@@H]1CCCC[C@H]1NCc1ccccc1. The third-order valence-corrected chi connectivity index (χ3v) is 4.54. The number of hydrogen-bond donors (Lipinski definition) is 1. The zero-order valence-corrected chi connectivity index (χ0v) is 14.4. The number of para-hydroxylation sites is 2. The third kappa shape index (κ3) is 4.51. The van der Waals surface area contributed by atoms with Crippen LogP contribution >= 0.6 is 0 Å². The molecule has 1 aliphatic rings. The predicted molar refractivity (Wildman–Crippen MR) is 97.6 cm³/mol. The molecule has 128 valence electrons. The molecule has 0 aromatic heterocycles. The number of ether oxygens (including phenoxy) is 2. The minimum Gasteiger partial charge on any atom is -0.490 e.